The predicted molar refractivity (Wildman–Crippen MR) is 126 cm³/mol. The second-order valence-electron chi connectivity index (χ2n) is 6.45. The van der Waals surface area contributed by atoms with Crippen LogP contribution in [0.3, 0.4) is 0 Å². The van der Waals surface area contributed by atoms with Gasteiger partial charge < -0.3 is 15.2 Å². The van der Waals surface area contributed by atoms with Crippen LogP contribution in [0.4, 0.5) is 10.1 Å². The van der Waals surface area contributed by atoms with E-state index in [1.165, 1.54) is 12.1 Å². The number of thioether (sulfide) groups is 1. The standard InChI is InChI=1S/C21H18BrClFN5O2S/c1-2-9-29-18(11-25-20(31)13-3-6-15(23)7-4-13)27-28-21(29)32-12-19(30)26-17-8-5-14(22)10-16(17)24/h2-8,10H,1,9,11-12H2,(H,25,31)(H,26,30). The minimum absolute atomic E-state index is 0.00190. The zero-order chi connectivity index (χ0) is 23.1. The maximum atomic E-state index is 13.9. The third-order valence-electron chi connectivity index (χ3n) is 4.16. The molecule has 2 aromatic carbocycles. The van der Waals surface area contributed by atoms with Crippen molar-refractivity contribution in [1.29, 1.82) is 0 Å². The van der Waals surface area contributed by atoms with Crippen LogP contribution in [-0.2, 0) is 17.9 Å². The van der Waals surface area contributed by atoms with Crippen molar-refractivity contribution in [3.63, 3.8) is 0 Å². The average molecular weight is 539 g/mol. The fourth-order valence-corrected chi connectivity index (χ4v) is 3.86. The lowest BCUT2D eigenvalue weighted by Crippen LogP contribution is -2.24. The molecule has 0 saturated carbocycles. The van der Waals surface area contributed by atoms with Crippen LogP contribution in [0.5, 0.6) is 0 Å². The molecule has 32 heavy (non-hydrogen) atoms. The van der Waals surface area contributed by atoms with Crippen molar-refractivity contribution < 1.29 is 14.0 Å². The van der Waals surface area contributed by atoms with Gasteiger partial charge in [0, 0.05) is 21.6 Å². The number of hydrogen-bond acceptors (Lipinski definition) is 5. The molecule has 3 aromatic rings. The van der Waals surface area contributed by atoms with Crippen LogP contribution in [0.1, 0.15) is 16.2 Å². The number of nitrogens with zero attached hydrogens (tertiary/aromatic N) is 3. The van der Waals surface area contributed by atoms with Crippen LogP contribution in [-0.4, -0.2) is 32.3 Å². The summed E-state index contributed by atoms with van der Waals surface area (Å²) in [6, 6.07) is 10.9. The van der Waals surface area contributed by atoms with E-state index in [2.05, 4.69) is 43.3 Å². The Balaban J connectivity index is 1.61. The lowest BCUT2D eigenvalue weighted by atomic mass is 10.2. The van der Waals surface area contributed by atoms with E-state index >= 15 is 0 Å². The second kappa shape index (κ2) is 11.3. The first-order chi connectivity index (χ1) is 15.4. The molecule has 1 aromatic heterocycles. The van der Waals surface area contributed by atoms with E-state index in [1.54, 1.807) is 41.0 Å². The van der Waals surface area contributed by atoms with Crippen LogP contribution >= 0.6 is 39.3 Å². The number of amides is 2. The molecule has 0 atom stereocenters. The Morgan fingerprint density at radius 1 is 1.22 bits per heavy atom. The second-order valence-corrected chi connectivity index (χ2v) is 8.74. The van der Waals surface area contributed by atoms with E-state index in [1.807, 2.05) is 0 Å². The summed E-state index contributed by atoms with van der Waals surface area (Å²) in [4.78, 5) is 24.6. The van der Waals surface area contributed by atoms with Gasteiger partial charge in [-0.1, -0.05) is 45.4 Å². The summed E-state index contributed by atoms with van der Waals surface area (Å²) >= 11 is 10.2. The summed E-state index contributed by atoms with van der Waals surface area (Å²) in [5, 5.41) is 14.5. The molecule has 0 aliphatic heterocycles. The Morgan fingerprint density at radius 2 is 1.97 bits per heavy atom. The number of aromatic nitrogens is 3. The number of nitrogens with one attached hydrogen (secondary N) is 2. The number of benzene rings is 2. The van der Waals surface area contributed by atoms with Gasteiger partial charge in [0.1, 0.15) is 5.82 Å². The average Bonchev–Trinajstić information content (AvgIpc) is 3.15. The van der Waals surface area contributed by atoms with Crippen molar-refractivity contribution in [3.05, 3.63) is 81.8 Å². The third-order valence-corrected chi connectivity index (χ3v) is 5.87. The Bertz CT molecular complexity index is 1140. The molecule has 2 N–H and O–H groups in total. The Labute approximate surface area is 201 Å². The highest BCUT2D eigenvalue weighted by Crippen LogP contribution is 2.21. The van der Waals surface area contributed by atoms with E-state index in [0.29, 0.717) is 32.6 Å². The molecule has 0 aliphatic carbocycles. The summed E-state index contributed by atoms with van der Waals surface area (Å²) in [5.74, 6) is -0.690. The highest BCUT2D eigenvalue weighted by Gasteiger charge is 2.15. The van der Waals surface area contributed by atoms with E-state index in [4.69, 9.17) is 11.6 Å². The first-order valence-electron chi connectivity index (χ1n) is 9.32. The van der Waals surface area contributed by atoms with Crippen LogP contribution in [0, 0.1) is 5.82 Å². The number of allylic oxidation sites excluding steroid dienone is 1. The Hall–Kier alpha value is -2.69. The van der Waals surface area contributed by atoms with Gasteiger partial charge in [-0.15, -0.1) is 16.8 Å². The van der Waals surface area contributed by atoms with Gasteiger partial charge >= 0.3 is 0 Å². The molecule has 166 valence electrons. The van der Waals surface area contributed by atoms with Crippen LogP contribution in [0.2, 0.25) is 5.02 Å². The van der Waals surface area contributed by atoms with Gasteiger partial charge in [0.25, 0.3) is 5.91 Å². The van der Waals surface area contributed by atoms with Gasteiger partial charge in [0.2, 0.25) is 5.91 Å². The molecule has 0 saturated heterocycles. The van der Waals surface area contributed by atoms with Crippen molar-refractivity contribution in [1.82, 2.24) is 20.1 Å². The molecule has 0 unspecified atom stereocenters. The SMILES string of the molecule is C=CCn1c(CNC(=O)c2ccc(Cl)cc2)nnc1SCC(=O)Nc1ccc(Br)cc1F. The van der Waals surface area contributed by atoms with Crippen LogP contribution in [0.15, 0.2) is 64.7 Å². The number of anilines is 1. The smallest absolute Gasteiger partial charge is 0.251 e. The minimum atomic E-state index is -0.536. The number of halogens is 3. The molecule has 11 heteroatoms. The van der Waals surface area contributed by atoms with E-state index in [0.717, 1.165) is 11.8 Å². The van der Waals surface area contributed by atoms with Crippen molar-refractivity contribution in [2.24, 2.45) is 0 Å². The summed E-state index contributed by atoms with van der Waals surface area (Å²) in [6.07, 6.45) is 1.66. The zero-order valence-electron chi connectivity index (χ0n) is 16.6. The molecule has 0 spiro atoms. The van der Waals surface area contributed by atoms with Gasteiger partial charge in [0.05, 0.1) is 18.0 Å². The molecule has 7 nitrogen and oxygen atoms in total. The van der Waals surface area contributed by atoms with E-state index < -0.39 is 5.82 Å². The molecule has 0 bridgehead atoms. The van der Waals surface area contributed by atoms with Crippen LogP contribution < -0.4 is 10.6 Å². The Morgan fingerprint density at radius 3 is 2.66 bits per heavy atom. The van der Waals surface area contributed by atoms with Crippen molar-refractivity contribution >= 4 is 56.8 Å². The summed E-state index contributed by atoms with van der Waals surface area (Å²) in [7, 11) is 0. The molecule has 0 radical (unpaired) electrons. The molecule has 2 amide bonds. The molecule has 3 rings (SSSR count). The van der Waals surface area contributed by atoms with Crippen molar-refractivity contribution in [3.8, 4) is 0 Å². The minimum Gasteiger partial charge on any atom is -0.345 e. The summed E-state index contributed by atoms with van der Waals surface area (Å²) in [6.45, 7) is 4.26. The van der Waals surface area contributed by atoms with Gasteiger partial charge in [-0.3, -0.25) is 9.59 Å². The highest BCUT2D eigenvalue weighted by molar-refractivity contribution is 9.10. The monoisotopic (exact) mass is 537 g/mol. The number of carbonyl (C=O) groups is 2. The summed E-state index contributed by atoms with van der Waals surface area (Å²) < 4.78 is 16.2. The van der Waals surface area contributed by atoms with Gasteiger partial charge in [0.15, 0.2) is 11.0 Å². The maximum absolute atomic E-state index is 13.9. The normalized spacial score (nSPS) is 10.6. The molecule has 0 aliphatic rings. The molecule has 1 heterocycles. The van der Waals surface area contributed by atoms with E-state index in [9.17, 15) is 14.0 Å². The first-order valence-corrected chi connectivity index (χ1v) is 11.5. The zero-order valence-corrected chi connectivity index (χ0v) is 19.8. The quantitative estimate of drug-likeness (QED) is 0.305. The van der Waals surface area contributed by atoms with E-state index in [-0.39, 0.29) is 29.8 Å². The highest BCUT2D eigenvalue weighted by atomic mass is 79.9. The van der Waals surface area contributed by atoms with Gasteiger partial charge in [-0.25, -0.2) is 4.39 Å². The lowest BCUT2D eigenvalue weighted by Gasteiger charge is -2.09. The first kappa shape index (κ1) is 24.0. The maximum Gasteiger partial charge on any atom is 0.251 e. The third kappa shape index (κ3) is 6.41. The molecular weight excluding hydrogens is 521 g/mol. The largest absolute Gasteiger partial charge is 0.345 e. The topological polar surface area (TPSA) is 88.9 Å². The van der Waals surface area contributed by atoms with Gasteiger partial charge in [-0.2, -0.15) is 0 Å². The fourth-order valence-electron chi connectivity index (χ4n) is 2.64. The molecular formula is C21H18BrClFN5O2S. The number of carbonyl (C=O) groups excluding carboxylic acids is 2. The predicted octanol–water partition coefficient (Wildman–Crippen LogP) is 4.68. The fraction of sp³-hybridized carbons (Fsp3) is 0.143. The van der Waals surface area contributed by atoms with Crippen molar-refractivity contribution in [2.75, 3.05) is 11.1 Å². The summed E-state index contributed by atoms with van der Waals surface area (Å²) in [5.41, 5.74) is 0.563. The molecule has 0 fully saturated rings. The lowest BCUT2D eigenvalue weighted by molar-refractivity contribution is -0.113. The number of rotatable bonds is 9. The number of hydrogen-bond donors (Lipinski definition) is 2. The van der Waals surface area contributed by atoms with Crippen molar-refractivity contribution in [2.45, 2.75) is 18.2 Å². The Kier molecular flexibility index (Phi) is 8.43. The van der Waals surface area contributed by atoms with Crippen LogP contribution in [0.25, 0.3) is 0 Å². The van der Waals surface area contributed by atoms with Gasteiger partial charge in [-0.05, 0) is 42.5 Å².